The van der Waals surface area contributed by atoms with Crippen LogP contribution in [0.15, 0.2) is 30.3 Å². The largest absolute Gasteiger partial charge is 0.491 e. The number of hydrogen-bond acceptors (Lipinski definition) is 9. The molecule has 2 heterocycles. The van der Waals surface area contributed by atoms with Crippen LogP contribution in [0, 0.1) is 16.7 Å². The predicted molar refractivity (Wildman–Crippen MR) is 134 cm³/mol. The third-order valence-corrected chi connectivity index (χ3v) is 5.40. The van der Waals surface area contributed by atoms with Crippen LogP contribution in [0.25, 0.3) is 11.3 Å². The van der Waals surface area contributed by atoms with Crippen LogP contribution in [0.3, 0.4) is 0 Å². The molecular formula is C25H34N6O3. The lowest BCUT2D eigenvalue weighted by molar-refractivity contribution is 0.0904. The van der Waals surface area contributed by atoms with Gasteiger partial charge in [0.25, 0.3) is 0 Å². The van der Waals surface area contributed by atoms with Gasteiger partial charge in [0.1, 0.15) is 36.1 Å². The van der Waals surface area contributed by atoms with Crippen molar-refractivity contribution < 1.29 is 14.6 Å². The molecule has 1 atom stereocenters. The fraction of sp³-hybridized carbons (Fsp3) is 0.480. The van der Waals surface area contributed by atoms with E-state index in [1.807, 2.05) is 50.2 Å². The Bertz CT molecular complexity index is 1010. The molecule has 1 saturated heterocycles. The van der Waals surface area contributed by atoms with Crippen LogP contribution >= 0.6 is 0 Å². The van der Waals surface area contributed by atoms with E-state index in [9.17, 15) is 10.4 Å². The summed E-state index contributed by atoms with van der Waals surface area (Å²) in [6, 6.07) is 11.6. The van der Waals surface area contributed by atoms with Crippen molar-refractivity contribution in [2.45, 2.75) is 44.9 Å². The van der Waals surface area contributed by atoms with Crippen molar-refractivity contribution in [2.24, 2.45) is 0 Å². The van der Waals surface area contributed by atoms with Crippen LogP contribution in [-0.4, -0.2) is 67.4 Å². The van der Waals surface area contributed by atoms with Gasteiger partial charge in [0, 0.05) is 37.4 Å². The standard InChI is InChI=1S/C25H34N6O3/c1-16(2)29-25-24(21(27)13-26)23(30-18-7-9-33-10-8-18)12-22(31-25)17-5-4-6-20(11-17)34-15-19(32)14-28-3/h4-6,11-12,16,18-19,27-28,32H,7-10,14-15H2,1-3H3,(H2,29,30,31). The molecule has 1 unspecified atom stereocenters. The molecule has 5 N–H and O–H groups in total. The number of nitrogens with one attached hydrogen (secondary N) is 4. The maximum atomic E-state index is 9.94. The number of hydrogen-bond donors (Lipinski definition) is 5. The second-order valence-electron chi connectivity index (χ2n) is 8.65. The molecule has 34 heavy (non-hydrogen) atoms. The highest BCUT2D eigenvalue weighted by Gasteiger charge is 2.22. The summed E-state index contributed by atoms with van der Waals surface area (Å²) >= 11 is 0. The van der Waals surface area contributed by atoms with E-state index in [0.29, 0.717) is 48.3 Å². The molecule has 0 spiro atoms. The van der Waals surface area contributed by atoms with Crippen LogP contribution in [-0.2, 0) is 4.74 Å². The summed E-state index contributed by atoms with van der Waals surface area (Å²) in [7, 11) is 1.78. The Kier molecular flexibility index (Phi) is 9.22. The normalized spacial score (nSPS) is 14.9. The van der Waals surface area contributed by atoms with Crippen LogP contribution in [0.1, 0.15) is 32.3 Å². The number of anilines is 2. The molecule has 1 aliphatic rings. The lowest BCUT2D eigenvalue weighted by Gasteiger charge is -2.26. The molecule has 2 aromatic rings. The molecule has 1 aromatic carbocycles. The van der Waals surface area contributed by atoms with Crippen LogP contribution < -0.4 is 20.7 Å². The van der Waals surface area contributed by atoms with E-state index in [1.165, 1.54) is 0 Å². The minimum atomic E-state index is -0.611. The SMILES string of the molecule is CNCC(O)COc1cccc(-c2cc(NC3CCOCC3)c(C(=N)C#N)c(NC(C)C)n2)c1. The van der Waals surface area contributed by atoms with Gasteiger partial charge < -0.3 is 30.5 Å². The first-order chi connectivity index (χ1) is 16.4. The summed E-state index contributed by atoms with van der Waals surface area (Å²) in [6.45, 7) is 5.95. The van der Waals surface area contributed by atoms with Crippen molar-refractivity contribution in [1.82, 2.24) is 10.3 Å². The quantitative estimate of drug-likeness (QED) is 0.319. The molecule has 1 aliphatic heterocycles. The number of rotatable bonds is 11. The maximum Gasteiger partial charge on any atom is 0.145 e. The highest BCUT2D eigenvalue weighted by molar-refractivity contribution is 6.16. The van der Waals surface area contributed by atoms with Gasteiger partial charge in [0.15, 0.2) is 0 Å². The van der Waals surface area contributed by atoms with Crippen molar-refractivity contribution >= 4 is 17.2 Å². The van der Waals surface area contributed by atoms with Crippen molar-refractivity contribution in [3.63, 3.8) is 0 Å². The zero-order valence-electron chi connectivity index (χ0n) is 20.0. The Morgan fingerprint density at radius 2 is 2.09 bits per heavy atom. The van der Waals surface area contributed by atoms with Crippen LogP contribution in [0.2, 0.25) is 0 Å². The number of aliphatic hydroxyl groups excluding tert-OH is 1. The smallest absolute Gasteiger partial charge is 0.145 e. The Labute approximate surface area is 201 Å². The second kappa shape index (κ2) is 12.3. The Hall–Kier alpha value is -3.19. The number of pyridine rings is 1. The lowest BCUT2D eigenvalue weighted by atomic mass is 10.0. The first kappa shape index (κ1) is 25.4. The van der Waals surface area contributed by atoms with E-state index >= 15 is 0 Å². The number of ether oxygens (including phenoxy) is 2. The van der Waals surface area contributed by atoms with Crippen LogP contribution in [0.4, 0.5) is 11.5 Å². The van der Waals surface area contributed by atoms with Crippen LogP contribution in [0.5, 0.6) is 5.75 Å². The molecule has 0 saturated carbocycles. The molecule has 0 bridgehead atoms. The first-order valence-electron chi connectivity index (χ1n) is 11.6. The Balaban J connectivity index is 2.00. The van der Waals surface area contributed by atoms with Gasteiger partial charge in [-0.1, -0.05) is 12.1 Å². The van der Waals surface area contributed by atoms with Gasteiger partial charge in [-0.25, -0.2) is 4.98 Å². The zero-order valence-corrected chi connectivity index (χ0v) is 20.0. The third kappa shape index (κ3) is 6.90. The second-order valence-corrected chi connectivity index (χ2v) is 8.65. The Morgan fingerprint density at radius 3 is 2.76 bits per heavy atom. The molecule has 1 fully saturated rings. The third-order valence-electron chi connectivity index (χ3n) is 5.40. The van der Waals surface area contributed by atoms with Crippen molar-refractivity contribution in [3.05, 3.63) is 35.9 Å². The fourth-order valence-electron chi connectivity index (χ4n) is 3.79. The molecule has 3 rings (SSSR count). The minimum absolute atomic E-state index is 0.0623. The highest BCUT2D eigenvalue weighted by Crippen LogP contribution is 2.32. The topological polar surface area (TPSA) is 135 Å². The monoisotopic (exact) mass is 466 g/mol. The van der Waals surface area contributed by atoms with Crippen molar-refractivity contribution in [3.8, 4) is 23.1 Å². The molecule has 0 radical (unpaired) electrons. The number of likely N-dealkylation sites (N-methyl/N-ethyl adjacent to an activating group) is 1. The molecular weight excluding hydrogens is 432 g/mol. The van der Waals surface area contributed by atoms with Gasteiger partial charge in [0.2, 0.25) is 0 Å². The fourth-order valence-corrected chi connectivity index (χ4v) is 3.79. The molecule has 0 aliphatic carbocycles. The maximum absolute atomic E-state index is 9.94. The minimum Gasteiger partial charge on any atom is -0.491 e. The molecule has 0 amide bonds. The van der Waals surface area contributed by atoms with Gasteiger partial charge >= 0.3 is 0 Å². The zero-order chi connectivity index (χ0) is 24.5. The summed E-state index contributed by atoms with van der Waals surface area (Å²) in [5, 5.41) is 37.5. The summed E-state index contributed by atoms with van der Waals surface area (Å²) in [6.07, 6.45) is 1.09. The van der Waals surface area contributed by atoms with Gasteiger partial charge in [-0.2, -0.15) is 5.26 Å². The number of nitrogens with zero attached hydrogens (tertiary/aromatic N) is 2. The Morgan fingerprint density at radius 1 is 1.32 bits per heavy atom. The molecule has 182 valence electrons. The van der Waals surface area contributed by atoms with Gasteiger partial charge in [0.05, 0.1) is 16.9 Å². The van der Waals surface area contributed by atoms with Crippen molar-refractivity contribution in [1.29, 1.82) is 10.7 Å². The van der Waals surface area contributed by atoms with Gasteiger partial charge in [-0.15, -0.1) is 0 Å². The van der Waals surface area contributed by atoms with E-state index in [0.717, 1.165) is 18.4 Å². The first-order valence-corrected chi connectivity index (χ1v) is 11.6. The average molecular weight is 467 g/mol. The number of benzene rings is 1. The molecule has 9 heteroatoms. The lowest BCUT2D eigenvalue weighted by Crippen LogP contribution is -2.29. The number of aliphatic hydroxyl groups is 1. The summed E-state index contributed by atoms with van der Waals surface area (Å²) < 4.78 is 11.2. The summed E-state index contributed by atoms with van der Waals surface area (Å²) in [5.41, 5.74) is 2.54. The summed E-state index contributed by atoms with van der Waals surface area (Å²) in [5.74, 6) is 1.12. The molecule has 1 aromatic heterocycles. The van der Waals surface area contributed by atoms with E-state index in [4.69, 9.17) is 19.9 Å². The average Bonchev–Trinajstić information content (AvgIpc) is 2.83. The molecule has 9 nitrogen and oxygen atoms in total. The van der Waals surface area contributed by atoms with Crippen molar-refractivity contribution in [2.75, 3.05) is 44.0 Å². The number of aromatic nitrogens is 1. The van der Waals surface area contributed by atoms with Gasteiger partial charge in [-0.3, -0.25) is 5.41 Å². The van der Waals surface area contributed by atoms with E-state index in [2.05, 4.69) is 16.0 Å². The van der Waals surface area contributed by atoms with E-state index in [1.54, 1.807) is 7.05 Å². The highest BCUT2D eigenvalue weighted by atomic mass is 16.5. The van der Waals surface area contributed by atoms with E-state index in [-0.39, 0.29) is 24.4 Å². The van der Waals surface area contributed by atoms with Gasteiger partial charge in [-0.05, 0) is 51.9 Å². The number of nitriles is 1. The van der Waals surface area contributed by atoms with E-state index < -0.39 is 6.10 Å². The summed E-state index contributed by atoms with van der Waals surface area (Å²) in [4.78, 5) is 4.79. The predicted octanol–water partition coefficient (Wildman–Crippen LogP) is 3.01.